The first-order valence-electron chi connectivity index (χ1n) is 6.51. The van der Waals surface area contributed by atoms with Gasteiger partial charge in [-0.2, -0.15) is 0 Å². The van der Waals surface area contributed by atoms with E-state index in [0.717, 1.165) is 10.6 Å². The highest BCUT2D eigenvalue weighted by atomic mass is 35.5. The van der Waals surface area contributed by atoms with Crippen molar-refractivity contribution in [1.82, 2.24) is 9.97 Å². The van der Waals surface area contributed by atoms with Crippen LogP contribution in [-0.4, -0.2) is 15.9 Å². The van der Waals surface area contributed by atoms with Gasteiger partial charge in [0.1, 0.15) is 17.3 Å². The summed E-state index contributed by atoms with van der Waals surface area (Å²) in [5, 5.41) is 3.42. The zero-order valence-electron chi connectivity index (χ0n) is 11.4. The molecule has 0 amide bonds. The number of hydrogen-bond donors (Lipinski definition) is 0. The number of aromatic nitrogens is 2. The van der Waals surface area contributed by atoms with Gasteiger partial charge in [0.2, 0.25) is 0 Å². The van der Waals surface area contributed by atoms with Gasteiger partial charge < -0.3 is 4.74 Å². The van der Waals surface area contributed by atoms with E-state index in [9.17, 15) is 4.79 Å². The molecule has 0 saturated carbocycles. The smallest absolute Gasteiger partial charge is 0.357 e. The molecule has 0 atom stereocenters. The summed E-state index contributed by atoms with van der Waals surface area (Å²) in [4.78, 5) is 20.2. The fraction of sp³-hybridized carbons (Fsp3) is 0.0625. The lowest BCUT2D eigenvalue weighted by atomic mass is 10.2. The molecule has 3 aromatic rings. The van der Waals surface area contributed by atoms with E-state index in [1.54, 1.807) is 24.4 Å². The van der Waals surface area contributed by atoms with Crippen LogP contribution in [-0.2, 0) is 11.3 Å². The van der Waals surface area contributed by atoms with Crippen LogP contribution < -0.4 is 0 Å². The fourth-order valence-electron chi connectivity index (χ4n) is 1.80. The molecule has 4 nitrogen and oxygen atoms in total. The van der Waals surface area contributed by atoms with Crippen molar-refractivity contribution in [3.8, 4) is 10.6 Å². The molecule has 0 aliphatic carbocycles. The third-order valence-electron chi connectivity index (χ3n) is 2.87. The lowest BCUT2D eigenvalue weighted by Crippen LogP contribution is -2.07. The van der Waals surface area contributed by atoms with Crippen molar-refractivity contribution in [2.75, 3.05) is 0 Å². The number of halogens is 1. The van der Waals surface area contributed by atoms with E-state index in [2.05, 4.69) is 9.97 Å². The topological polar surface area (TPSA) is 52.1 Å². The van der Waals surface area contributed by atoms with Crippen molar-refractivity contribution in [2.24, 2.45) is 0 Å². The van der Waals surface area contributed by atoms with Crippen molar-refractivity contribution in [3.63, 3.8) is 0 Å². The van der Waals surface area contributed by atoms with E-state index in [0.29, 0.717) is 10.7 Å². The highest BCUT2D eigenvalue weighted by molar-refractivity contribution is 7.13. The first-order valence-corrected chi connectivity index (χ1v) is 7.76. The molecule has 1 aromatic carbocycles. The molecule has 0 aliphatic heterocycles. The molecule has 0 unspecified atom stereocenters. The van der Waals surface area contributed by atoms with Crippen molar-refractivity contribution in [3.05, 3.63) is 70.5 Å². The summed E-state index contributed by atoms with van der Waals surface area (Å²) in [5.41, 5.74) is 1.98. The van der Waals surface area contributed by atoms with Crippen molar-refractivity contribution >= 4 is 28.9 Å². The Balaban J connectivity index is 1.65. The fourth-order valence-corrected chi connectivity index (χ4v) is 2.73. The van der Waals surface area contributed by atoms with Gasteiger partial charge in [-0.05, 0) is 24.3 Å². The van der Waals surface area contributed by atoms with Crippen LogP contribution in [0.25, 0.3) is 10.6 Å². The van der Waals surface area contributed by atoms with Crippen LogP contribution in [0.2, 0.25) is 5.02 Å². The number of hydrogen-bond acceptors (Lipinski definition) is 5. The monoisotopic (exact) mass is 330 g/mol. The van der Waals surface area contributed by atoms with Gasteiger partial charge in [-0.15, -0.1) is 11.3 Å². The molecule has 0 bridgehead atoms. The Hall–Kier alpha value is -2.24. The average Bonchev–Trinajstić information content (AvgIpc) is 3.03. The predicted octanol–water partition coefficient (Wildman–Crippen LogP) is 4.22. The van der Waals surface area contributed by atoms with Crippen LogP contribution in [0.3, 0.4) is 0 Å². The summed E-state index contributed by atoms with van der Waals surface area (Å²) >= 11 is 7.36. The lowest BCUT2D eigenvalue weighted by molar-refractivity contribution is 0.0461. The minimum Gasteiger partial charge on any atom is -0.454 e. The maximum absolute atomic E-state index is 11.8. The summed E-state index contributed by atoms with van der Waals surface area (Å²) < 4.78 is 5.20. The normalized spacial score (nSPS) is 10.4. The standard InChI is InChI=1S/C16H11ClN2O2S/c17-12-6-4-11(5-7-12)15-19-13(10-22-15)9-21-16(20)14-3-1-2-8-18-14/h1-8,10H,9H2. The minimum atomic E-state index is -0.457. The van der Waals surface area contributed by atoms with Crippen LogP contribution >= 0.6 is 22.9 Å². The Bertz CT molecular complexity index is 772. The third kappa shape index (κ3) is 3.50. The number of esters is 1. The lowest BCUT2D eigenvalue weighted by Gasteiger charge is -2.01. The van der Waals surface area contributed by atoms with Gasteiger partial charge in [0.25, 0.3) is 0 Å². The molecule has 22 heavy (non-hydrogen) atoms. The van der Waals surface area contributed by atoms with Crippen molar-refractivity contribution in [2.45, 2.75) is 6.61 Å². The van der Waals surface area contributed by atoms with Crippen LogP contribution in [0.4, 0.5) is 0 Å². The number of pyridine rings is 1. The maximum Gasteiger partial charge on any atom is 0.357 e. The van der Waals surface area contributed by atoms with Crippen LogP contribution in [0.15, 0.2) is 54.0 Å². The summed E-state index contributed by atoms with van der Waals surface area (Å²) in [6.45, 7) is 0.125. The molecule has 2 heterocycles. The first kappa shape index (κ1) is 14.7. The number of ether oxygens (including phenoxy) is 1. The number of carbonyl (C=O) groups is 1. The molecule has 0 aliphatic rings. The van der Waals surface area contributed by atoms with E-state index in [1.807, 2.05) is 29.6 Å². The Morgan fingerprint density at radius 2 is 2.00 bits per heavy atom. The van der Waals surface area contributed by atoms with Gasteiger partial charge in [0.05, 0.1) is 5.69 Å². The Kier molecular flexibility index (Phi) is 4.46. The zero-order chi connectivity index (χ0) is 15.4. The van der Waals surface area contributed by atoms with Crippen molar-refractivity contribution in [1.29, 1.82) is 0 Å². The van der Waals surface area contributed by atoms with Crippen LogP contribution in [0.5, 0.6) is 0 Å². The number of carbonyl (C=O) groups excluding carboxylic acids is 1. The Morgan fingerprint density at radius 1 is 1.18 bits per heavy atom. The molecule has 0 spiro atoms. The molecular formula is C16H11ClN2O2S. The van der Waals surface area contributed by atoms with Crippen LogP contribution in [0.1, 0.15) is 16.2 Å². The molecule has 0 radical (unpaired) electrons. The second-order valence-corrected chi connectivity index (χ2v) is 5.74. The van der Waals surface area contributed by atoms with Crippen LogP contribution in [0, 0.1) is 0 Å². The Morgan fingerprint density at radius 3 is 2.73 bits per heavy atom. The molecule has 3 rings (SSSR count). The van der Waals surface area contributed by atoms with E-state index >= 15 is 0 Å². The van der Waals surface area contributed by atoms with Crippen molar-refractivity contribution < 1.29 is 9.53 Å². The van der Waals surface area contributed by atoms with E-state index in [-0.39, 0.29) is 12.3 Å². The molecule has 0 fully saturated rings. The molecule has 0 N–H and O–H groups in total. The van der Waals surface area contributed by atoms with Gasteiger partial charge in [-0.25, -0.2) is 14.8 Å². The van der Waals surface area contributed by atoms with E-state index in [1.165, 1.54) is 11.3 Å². The zero-order valence-corrected chi connectivity index (χ0v) is 13.0. The van der Waals surface area contributed by atoms with Gasteiger partial charge in [0, 0.05) is 22.2 Å². The highest BCUT2D eigenvalue weighted by Gasteiger charge is 2.10. The molecular weight excluding hydrogens is 320 g/mol. The maximum atomic E-state index is 11.8. The molecule has 2 aromatic heterocycles. The second kappa shape index (κ2) is 6.68. The Labute approximate surface area is 136 Å². The highest BCUT2D eigenvalue weighted by Crippen LogP contribution is 2.25. The summed E-state index contributed by atoms with van der Waals surface area (Å²) in [5.74, 6) is -0.457. The average molecular weight is 331 g/mol. The predicted molar refractivity (Wildman–Crippen MR) is 85.9 cm³/mol. The molecule has 0 saturated heterocycles. The summed E-state index contributed by atoms with van der Waals surface area (Å²) in [6, 6.07) is 12.6. The SMILES string of the molecule is O=C(OCc1csc(-c2ccc(Cl)cc2)n1)c1ccccn1. The third-order valence-corrected chi connectivity index (χ3v) is 4.06. The number of benzene rings is 1. The number of nitrogens with zero attached hydrogens (tertiary/aromatic N) is 2. The second-order valence-electron chi connectivity index (χ2n) is 4.44. The molecule has 110 valence electrons. The van der Waals surface area contributed by atoms with Gasteiger partial charge >= 0.3 is 5.97 Å². The quantitative estimate of drug-likeness (QED) is 0.672. The summed E-state index contributed by atoms with van der Waals surface area (Å²) in [7, 11) is 0. The largest absolute Gasteiger partial charge is 0.454 e. The van der Waals surface area contributed by atoms with E-state index < -0.39 is 5.97 Å². The first-order chi connectivity index (χ1) is 10.7. The molecule has 6 heteroatoms. The number of rotatable bonds is 4. The minimum absolute atomic E-state index is 0.125. The summed E-state index contributed by atoms with van der Waals surface area (Å²) in [6.07, 6.45) is 1.55. The van der Waals surface area contributed by atoms with Gasteiger partial charge in [-0.3, -0.25) is 0 Å². The van der Waals surface area contributed by atoms with Gasteiger partial charge in [0.15, 0.2) is 0 Å². The number of thiazole rings is 1. The van der Waals surface area contributed by atoms with E-state index in [4.69, 9.17) is 16.3 Å². The van der Waals surface area contributed by atoms with Gasteiger partial charge in [-0.1, -0.05) is 29.8 Å².